The number of rotatable bonds is 9. The maximum atomic E-state index is 4.55. The van der Waals surface area contributed by atoms with E-state index in [0.29, 0.717) is 6.04 Å². The van der Waals surface area contributed by atoms with Crippen LogP contribution in [0.1, 0.15) is 44.7 Å². The highest BCUT2D eigenvalue weighted by Gasteiger charge is 2.20. The molecular formula is C17H26N4S4. The van der Waals surface area contributed by atoms with Gasteiger partial charge in [0.2, 0.25) is 0 Å². The van der Waals surface area contributed by atoms with E-state index in [1.165, 1.54) is 58.9 Å². The van der Waals surface area contributed by atoms with Crippen molar-refractivity contribution in [3.05, 3.63) is 11.8 Å². The van der Waals surface area contributed by atoms with Crippen LogP contribution in [-0.2, 0) is 0 Å². The number of aromatic nitrogens is 2. The Bertz CT molecular complexity index is 599. The molecule has 3 rings (SSSR count). The highest BCUT2D eigenvalue weighted by Crippen LogP contribution is 2.30. The fourth-order valence-corrected chi connectivity index (χ4v) is 6.62. The maximum Gasteiger partial charge on any atom is 0.138 e. The maximum absolute atomic E-state index is 4.55. The topological polar surface area (TPSA) is 50.2 Å². The van der Waals surface area contributed by atoms with Crippen molar-refractivity contribution < 1.29 is 0 Å². The molecule has 0 radical (unpaired) electrons. The fraction of sp³-hybridized carbons (Fsp3) is 0.706. The molecule has 1 aromatic heterocycles. The lowest BCUT2D eigenvalue weighted by molar-refractivity contribution is 0.624. The fourth-order valence-electron chi connectivity index (χ4n) is 2.86. The average molecular weight is 415 g/mol. The summed E-state index contributed by atoms with van der Waals surface area (Å²) in [5, 5.41) is 4.63. The van der Waals surface area contributed by atoms with Gasteiger partial charge in [0, 0.05) is 11.8 Å². The van der Waals surface area contributed by atoms with Gasteiger partial charge in [-0.25, -0.2) is 0 Å². The van der Waals surface area contributed by atoms with Crippen molar-refractivity contribution in [2.24, 2.45) is 4.99 Å². The van der Waals surface area contributed by atoms with Gasteiger partial charge in [0.15, 0.2) is 0 Å². The quantitative estimate of drug-likeness (QED) is 0.463. The van der Waals surface area contributed by atoms with Gasteiger partial charge >= 0.3 is 0 Å². The molecule has 0 fully saturated rings. The minimum atomic E-state index is 0.386. The first kappa shape index (κ1) is 19.7. The Morgan fingerprint density at radius 2 is 2.00 bits per heavy atom. The van der Waals surface area contributed by atoms with Gasteiger partial charge in [-0.15, -0.1) is 11.8 Å². The Morgan fingerprint density at radius 3 is 2.76 bits per heavy atom. The number of thioether (sulfide) groups is 3. The third-order valence-electron chi connectivity index (χ3n) is 4.22. The predicted octanol–water partition coefficient (Wildman–Crippen LogP) is 4.79. The van der Waals surface area contributed by atoms with Crippen LogP contribution in [0.3, 0.4) is 0 Å². The number of hydrogen-bond acceptors (Lipinski definition) is 8. The molecule has 0 saturated heterocycles. The molecule has 2 aliphatic rings. The van der Waals surface area contributed by atoms with Crippen LogP contribution in [0.15, 0.2) is 16.1 Å². The lowest BCUT2D eigenvalue weighted by Crippen LogP contribution is -2.31. The lowest BCUT2D eigenvalue weighted by atomic mass is 10.0. The van der Waals surface area contributed by atoms with E-state index < -0.39 is 0 Å². The minimum absolute atomic E-state index is 0.386. The van der Waals surface area contributed by atoms with E-state index in [2.05, 4.69) is 32.1 Å². The Morgan fingerprint density at radius 1 is 1.16 bits per heavy atom. The largest absolute Gasteiger partial charge is 0.310 e. The second-order valence-corrected chi connectivity index (χ2v) is 10.2. The molecule has 1 aromatic rings. The summed E-state index contributed by atoms with van der Waals surface area (Å²) in [6.45, 7) is 4.30. The van der Waals surface area contributed by atoms with Crippen LogP contribution in [0, 0.1) is 0 Å². The van der Waals surface area contributed by atoms with Crippen LogP contribution in [0.25, 0.3) is 5.57 Å². The molecule has 0 bridgehead atoms. The van der Waals surface area contributed by atoms with E-state index in [1.807, 2.05) is 35.3 Å². The van der Waals surface area contributed by atoms with Crippen LogP contribution in [-0.4, -0.2) is 49.5 Å². The number of nitrogens with one attached hydrogen (secondary N) is 1. The number of aliphatic imine (C=N–C) groups is 1. The monoisotopic (exact) mass is 414 g/mol. The highest BCUT2D eigenvalue weighted by atomic mass is 32.2. The minimum Gasteiger partial charge on any atom is -0.310 e. The van der Waals surface area contributed by atoms with Crippen molar-refractivity contribution in [3.8, 4) is 0 Å². The van der Waals surface area contributed by atoms with Crippen LogP contribution in [0.2, 0.25) is 0 Å². The Kier molecular flexibility index (Phi) is 8.66. The van der Waals surface area contributed by atoms with Crippen molar-refractivity contribution in [2.45, 2.75) is 50.1 Å². The van der Waals surface area contributed by atoms with Crippen molar-refractivity contribution in [3.63, 3.8) is 0 Å². The molecule has 3 heterocycles. The Hall–Kier alpha value is -0.0200. The zero-order valence-corrected chi connectivity index (χ0v) is 18.0. The van der Waals surface area contributed by atoms with Gasteiger partial charge in [0.1, 0.15) is 15.1 Å². The summed E-state index contributed by atoms with van der Waals surface area (Å²) in [4.78, 5) is 4.48. The Labute approximate surface area is 167 Å². The van der Waals surface area contributed by atoms with E-state index in [0.717, 1.165) is 36.0 Å². The first-order valence-electron chi connectivity index (χ1n) is 9.04. The van der Waals surface area contributed by atoms with Gasteiger partial charge in [-0.2, -0.15) is 8.75 Å². The molecule has 2 aliphatic heterocycles. The standard InChI is InChI=1S/C17H26N4S4/c1-13-14(7-6-8-18-13)15-16(21-25-20-15)22-10-4-2-3-5-11-23-17-19-9-12-24-17/h7,13,18H,2-6,8-12H2,1H3. The van der Waals surface area contributed by atoms with Gasteiger partial charge in [-0.1, -0.05) is 42.4 Å². The number of unbranched alkanes of at least 4 members (excludes halogenated alkanes) is 3. The first-order valence-corrected chi connectivity index (χ1v) is 12.7. The van der Waals surface area contributed by atoms with Crippen molar-refractivity contribution in [1.29, 1.82) is 0 Å². The molecule has 0 aliphatic carbocycles. The summed E-state index contributed by atoms with van der Waals surface area (Å²) in [5.41, 5.74) is 2.44. The van der Waals surface area contributed by atoms with Crippen molar-refractivity contribution >= 4 is 57.0 Å². The van der Waals surface area contributed by atoms with Crippen LogP contribution in [0.5, 0.6) is 0 Å². The van der Waals surface area contributed by atoms with Gasteiger partial charge in [-0.05, 0) is 49.8 Å². The zero-order chi connectivity index (χ0) is 17.3. The third kappa shape index (κ3) is 6.27. The van der Waals surface area contributed by atoms with E-state index in [4.69, 9.17) is 0 Å². The van der Waals surface area contributed by atoms with Crippen LogP contribution >= 0.6 is 47.0 Å². The van der Waals surface area contributed by atoms with Crippen LogP contribution in [0.4, 0.5) is 0 Å². The Balaban J connectivity index is 1.30. The second-order valence-electron chi connectivity index (χ2n) is 6.15. The first-order chi connectivity index (χ1) is 12.3. The van der Waals surface area contributed by atoms with Gasteiger partial charge in [0.05, 0.1) is 18.3 Å². The molecule has 138 valence electrons. The molecule has 0 amide bonds. The second kappa shape index (κ2) is 11.0. The smallest absolute Gasteiger partial charge is 0.138 e. The average Bonchev–Trinajstić information content (AvgIpc) is 3.29. The molecule has 0 saturated carbocycles. The summed E-state index contributed by atoms with van der Waals surface area (Å²) in [5.74, 6) is 3.54. The number of nitrogens with zero attached hydrogens (tertiary/aromatic N) is 3. The van der Waals surface area contributed by atoms with E-state index in [1.54, 1.807) is 0 Å². The molecule has 8 heteroatoms. The molecular weight excluding hydrogens is 388 g/mol. The van der Waals surface area contributed by atoms with E-state index in [9.17, 15) is 0 Å². The summed E-state index contributed by atoms with van der Waals surface area (Å²) in [7, 11) is 0. The van der Waals surface area contributed by atoms with E-state index in [-0.39, 0.29) is 0 Å². The summed E-state index contributed by atoms with van der Waals surface area (Å²) in [6, 6.07) is 0.386. The van der Waals surface area contributed by atoms with Crippen molar-refractivity contribution in [2.75, 3.05) is 30.3 Å². The summed E-state index contributed by atoms with van der Waals surface area (Å²) >= 11 is 7.07. The molecule has 0 aromatic carbocycles. The summed E-state index contributed by atoms with van der Waals surface area (Å²) in [6.07, 6.45) is 8.60. The molecule has 1 atom stereocenters. The SMILES string of the molecule is CC1NCCC=C1c1nsnc1SCCCCCCSC1=NCCS1. The van der Waals surface area contributed by atoms with Crippen molar-refractivity contribution in [1.82, 2.24) is 14.1 Å². The lowest BCUT2D eigenvalue weighted by Gasteiger charge is -2.21. The predicted molar refractivity (Wildman–Crippen MR) is 116 cm³/mol. The molecule has 0 spiro atoms. The number of hydrogen-bond donors (Lipinski definition) is 1. The highest BCUT2D eigenvalue weighted by molar-refractivity contribution is 8.39. The molecule has 1 N–H and O–H groups in total. The third-order valence-corrected chi connectivity index (χ3v) is 8.25. The van der Waals surface area contributed by atoms with Crippen LogP contribution < -0.4 is 5.32 Å². The van der Waals surface area contributed by atoms with Gasteiger partial charge in [-0.3, -0.25) is 4.99 Å². The molecule has 4 nitrogen and oxygen atoms in total. The van der Waals surface area contributed by atoms with E-state index >= 15 is 0 Å². The normalized spacial score (nSPS) is 20.6. The zero-order valence-electron chi connectivity index (χ0n) is 14.7. The van der Waals surface area contributed by atoms with Gasteiger partial charge < -0.3 is 5.32 Å². The van der Waals surface area contributed by atoms with Gasteiger partial charge in [0.25, 0.3) is 0 Å². The molecule has 25 heavy (non-hydrogen) atoms. The molecule has 1 unspecified atom stereocenters. The summed E-state index contributed by atoms with van der Waals surface area (Å²) < 4.78 is 10.4.